The first-order chi connectivity index (χ1) is 16.0. The zero-order chi connectivity index (χ0) is 25.3. The summed E-state index contributed by atoms with van der Waals surface area (Å²) in [6.45, 7) is -2.32. The van der Waals surface area contributed by atoms with Crippen molar-refractivity contribution in [1.29, 1.82) is 0 Å². The van der Waals surface area contributed by atoms with E-state index in [4.69, 9.17) is 23.7 Å². The third kappa shape index (κ3) is 5.37. The molecule has 0 aliphatic carbocycles. The van der Waals surface area contributed by atoms with Gasteiger partial charge < -0.3 is 79.9 Å². The van der Waals surface area contributed by atoms with Gasteiger partial charge in [0.2, 0.25) is 0 Å². The maximum absolute atomic E-state index is 10.6. The summed E-state index contributed by atoms with van der Waals surface area (Å²) >= 11 is 0. The van der Waals surface area contributed by atoms with Crippen LogP contribution in [0.15, 0.2) is 0 Å². The molecule has 0 amide bonds. The predicted molar refractivity (Wildman–Crippen MR) is 101 cm³/mol. The zero-order valence-electron chi connectivity index (χ0n) is 17.7. The van der Waals surface area contributed by atoms with E-state index in [1.165, 1.54) is 0 Å². The van der Waals surface area contributed by atoms with Gasteiger partial charge in [-0.3, -0.25) is 0 Å². The molecule has 3 aliphatic heterocycles. The highest BCUT2D eigenvalue weighted by molar-refractivity contribution is 4.96. The molecule has 0 aromatic rings. The lowest BCUT2D eigenvalue weighted by Crippen LogP contribution is -2.66. The fraction of sp³-hybridized carbons (Fsp3) is 1.00. The van der Waals surface area contributed by atoms with Gasteiger partial charge in [0.1, 0.15) is 73.2 Å². The van der Waals surface area contributed by atoms with Gasteiger partial charge >= 0.3 is 0 Å². The molecule has 0 radical (unpaired) electrons. The molecule has 16 heteroatoms. The van der Waals surface area contributed by atoms with Crippen LogP contribution in [0.25, 0.3) is 0 Å². The Kier molecular flexibility index (Phi) is 9.54. The van der Waals surface area contributed by atoms with E-state index in [1.807, 2.05) is 0 Å². The minimum Gasteiger partial charge on any atom is -0.394 e. The molecule has 34 heavy (non-hydrogen) atoms. The monoisotopic (exact) mass is 504 g/mol. The number of hydrogen-bond acceptors (Lipinski definition) is 16. The fourth-order valence-corrected chi connectivity index (χ4v) is 4.06. The quantitative estimate of drug-likeness (QED) is 0.154. The number of hydrogen-bond donors (Lipinski definition) is 11. The van der Waals surface area contributed by atoms with Crippen molar-refractivity contribution in [2.24, 2.45) is 0 Å². The summed E-state index contributed by atoms with van der Waals surface area (Å²) in [5, 5.41) is 109. The number of aliphatic hydroxyl groups excluding tert-OH is 11. The molecule has 3 saturated heterocycles. The number of ether oxygens (including phenoxy) is 5. The summed E-state index contributed by atoms with van der Waals surface area (Å²) in [5.41, 5.74) is 0. The molecule has 200 valence electrons. The highest BCUT2D eigenvalue weighted by atomic mass is 16.8. The summed E-state index contributed by atoms with van der Waals surface area (Å²) in [4.78, 5) is 0. The van der Waals surface area contributed by atoms with Gasteiger partial charge in [-0.1, -0.05) is 0 Å². The molecule has 0 saturated carbocycles. The van der Waals surface area contributed by atoms with Gasteiger partial charge in [-0.05, 0) is 0 Å². The minimum atomic E-state index is -1.91. The molecule has 11 N–H and O–H groups in total. The molecule has 0 spiro atoms. The Morgan fingerprint density at radius 3 is 1.35 bits per heavy atom. The molecule has 3 aliphatic rings. The van der Waals surface area contributed by atoms with Gasteiger partial charge in [-0.25, -0.2) is 0 Å². The van der Waals surface area contributed by atoms with E-state index < -0.39 is 112 Å². The second kappa shape index (κ2) is 11.6. The average molecular weight is 504 g/mol. The second-order valence-corrected chi connectivity index (χ2v) is 8.33. The first-order valence-electron chi connectivity index (χ1n) is 10.6. The van der Waals surface area contributed by atoms with E-state index in [0.29, 0.717) is 0 Å². The topological polar surface area (TPSA) is 269 Å². The van der Waals surface area contributed by atoms with Crippen molar-refractivity contribution < 1.29 is 79.9 Å². The van der Waals surface area contributed by atoms with Gasteiger partial charge in [-0.15, -0.1) is 0 Å². The van der Waals surface area contributed by atoms with Crippen molar-refractivity contribution >= 4 is 0 Å². The van der Waals surface area contributed by atoms with Crippen molar-refractivity contribution in [2.45, 2.75) is 92.1 Å². The Labute approximate surface area is 192 Å². The summed E-state index contributed by atoms with van der Waals surface area (Å²) in [7, 11) is 0. The van der Waals surface area contributed by atoms with Crippen molar-refractivity contribution in [3.63, 3.8) is 0 Å². The van der Waals surface area contributed by atoms with Gasteiger partial charge in [0, 0.05) is 0 Å². The molecular weight excluding hydrogens is 472 g/mol. The van der Waals surface area contributed by atoms with Gasteiger partial charge in [-0.2, -0.15) is 0 Å². The second-order valence-electron chi connectivity index (χ2n) is 8.33. The van der Waals surface area contributed by atoms with Crippen molar-refractivity contribution in [3.8, 4) is 0 Å². The van der Waals surface area contributed by atoms with Crippen LogP contribution in [-0.2, 0) is 23.7 Å². The van der Waals surface area contributed by atoms with Crippen molar-refractivity contribution in [2.75, 3.05) is 19.8 Å². The van der Waals surface area contributed by atoms with E-state index in [0.717, 1.165) is 0 Å². The minimum absolute atomic E-state index is 0.741. The fourth-order valence-electron chi connectivity index (χ4n) is 4.06. The van der Waals surface area contributed by atoms with Crippen molar-refractivity contribution in [3.05, 3.63) is 0 Å². The zero-order valence-corrected chi connectivity index (χ0v) is 17.7. The molecule has 15 atom stereocenters. The third-order valence-corrected chi connectivity index (χ3v) is 6.09. The standard InChI is InChI=1S/C18H32O16/c19-1-4-7(22)8(23)12(27)17(31-4)34-15-6(3-21)32-18(13(28)10(15)25)33-14-5(2-20)30-16(29)11(26)9(14)24/h4-29H,1-3H2/t4?,5?,6?,7-,8?,9?,10?,11+,12+,13+,14-,15-,16-,17+,18+/m1/s1. The Morgan fingerprint density at radius 2 is 0.853 bits per heavy atom. The van der Waals surface area contributed by atoms with E-state index in [2.05, 4.69) is 0 Å². The van der Waals surface area contributed by atoms with Gasteiger partial charge in [0.05, 0.1) is 19.8 Å². The lowest BCUT2D eigenvalue weighted by atomic mass is 9.96. The molecule has 0 bridgehead atoms. The van der Waals surface area contributed by atoms with E-state index in [-0.39, 0.29) is 0 Å². The number of rotatable bonds is 7. The Balaban J connectivity index is 1.72. The van der Waals surface area contributed by atoms with Crippen LogP contribution in [0.2, 0.25) is 0 Å². The Bertz CT molecular complexity index is 635. The van der Waals surface area contributed by atoms with E-state index >= 15 is 0 Å². The van der Waals surface area contributed by atoms with Crippen LogP contribution in [0.3, 0.4) is 0 Å². The third-order valence-electron chi connectivity index (χ3n) is 6.09. The van der Waals surface area contributed by atoms with Crippen LogP contribution in [0.1, 0.15) is 0 Å². The lowest BCUT2D eigenvalue weighted by molar-refractivity contribution is -0.377. The summed E-state index contributed by atoms with van der Waals surface area (Å²) < 4.78 is 26.4. The molecule has 16 nitrogen and oxygen atoms in total. The molecule has 3 fully saturated rings. The van der Waals surface area contributed by atoms with Gasteiger partial charge in [0.25, 0.3) is 0 Å². The summed E-state index contributed by atoms with van der Waals surface area (Å²) in [6, 6.07) is 0. The summed E-state index contributed by atoms with van der Waals surface area (Å²) in [6.07, 6.45) is -25.1. The van der Waals surface area contributed by atoms with Crippen LogP contribution in [-0.4, -0.2) is 168 Å². The normalized spacial score (nSPS) is 52.5. The Morgan fingerprint density at radius 1 is 0.441 bits per heavy atom. The van der Waals surface area contributed by atoms with Crippen molar-refractivity contribution in [1.82, 2.24) is 0 Å². The van der Waals surface area contributed by atoms with Crippen LogP contribution in [0.4, 0.5) is 0 Å². The van der Waals surface area contributed by atoms with Crippen LogP contribution >= 0.6 is 0 Å². The first-order valence-corrected chi connectivity index (χ1v) is 10.6. The summed E-state index contributed by atoms with van der Waals surface area (Å²) in [5.74, 6) is 0. The van der Waals surface area contributed by atoms with E-state index in [1.54, 1.807) is 0 Å². The maximum Gasteiger partial charge on any atom is 0.187 e. The molecule has 3 heterocycles. The van der Waals surface area contributed by atoms with Crippen LogP contribution in [0, 0.1) is 0 Å². The molecule has 6 unspecified atom stereocenters. The van der Waals surface area contributed by atoms with Gasteiger partial charge in [0.15, 0.2) is 18.9 Å². The SMILES string of the molecule is OCC1O[C@@H](O[C@@H]2C(CO)O[C@@H](O[C@@H]3C(CO)O[C@@H](O)[C@@H](O)C3O)[C@@H](O)C2O)[C@@H](O)C(O)[C@@H]1O. The van der Waals surface area contributed by atoms with E-state index in [9.17, 15) is 56.2 Å². The largest absolute Gasteiger partial charge is 0.394 e. The molecular formula is C18H32O16. The highest BCUT2D eigenvalue weighted by Gasteiger charge is 2.53. The molecule has 3 rings (SSSR count). The van der Waals surface area contributed by atoms with Crippen LogP contribution < -0.4 is 0 Å². The lowest BCUT2D eigenvalue weighted by Gasteiger charge is -2.47. The first kappa shape index (κ1) is 27.9. The average Bonchev–Trinajstić information content (AvgIpc) is 2.83. The molecule has 0 aromatic carbocycles. The molecule has 0 aromatic heterocycles. The maximum atomic E-state index is 10.6. The van der Waals surface area contributed by atoms with Crippen LogP contribution in [0.5, 0.6) is 0 Å². The Hall–Kier alpha value is -0.640. The highest BCUT2D eigenvalue weighted by Crippen LogP contribution is 2.32. The predicted octanol–water partition coefficient (Wildman–Crippen LogP) is -7.57. The number of aliphatic hydroxyl groups is 11. The smallest absolute Gasteiger partial charge is 0.187 e.